The number of hydrogen-bond donors (Lipinski definition) is 7. The Morgan fingerprint density at radius 1 is 0.895 bits per heavy atom. The molecule has 7 N–H and O–H groups in total. The first kappa shape index (κ1) is 31.1. The number of ether oxygens (including phenoxy) is 2. The SMILES string of the molecule is CB(O)NC(Cc1ccc(O)cc1)C(=O)O.CB(O)NC(Cc1ccc(OC2CCCCO2)cc1)C(=O)O. The van der Waals surface area contributed by atoms with Gasteiger partial charge in [0.25, 0.3) is 0 Å². The highest BCUT2D eigenvalue weighted by molar-refractivity contribution is 6.46. The molecule has 1 aliphatic heterocycles. The Bertz CT molecular complexity index is 985. The molecular formula is C25H36B2N2O9. The van der Waals surface area contributed by atoms with E-state index in [0.29, 0.717) is 12.2 Å². The molecular weight excluding hydrogens is 494 g/mol. The van der Waals surface area contributed by atoms with Crippen molar-refractivity contribution in [2.45, 2.75) is 64.1 Å². The Hall–Kier alpha value is -3.09. The Morgan fingerprint density at radius 3 is 1.76 bits per heavy atom. The standard InChI is InChI=1S/C15H22BNO5.C10H14BNO4/c1-16(20)17-13(15(18)19)10-11-5-7-12(8-6-11)22-14-4-2-3-9-21-14;1-11(16)12-9(10(14)15)6-7-2-4-8(13)5-3-7/h5-8,13-14,17,20H,2-4,9-10H2,1H3,(H,18,19);2-5,9,12-13,16H,6H2,1H3,(H,14,15). The number of nitrogens with one attached hydrogen (secondary N) is 2. The van der Waals surface area contributed by atoms with Crippen LogP contribution in [0.15, 0.2) is 48.5 Å². The molecule has 2 aromatic rings. The van der Waals surface area contributed by atoms with Crippen LogP contribution >= 0.6 is 0 Å². The van der Waals surface area contributed by atoms with Crippen LogP contribution in [0.1, 0.15) is 30.4 Å². The van der Waals surface area contributed by atoms with E-state index < -0.39 is 38.1 Å². The molecule has 11 nitrogen and oxygen atoms in total. The van der Waals surface area contributed by atoms with Crippen molar-refractivity contribution in [1.29, 1.82) is 0 Å². The number of benzene rings is 2. The number of aliphatic carboxylic acids is 2. The predicted molar refractivity (Wildman–Crippen MR) is 143 cm³/mol. The fourth-order valence-electron chi connectivity index (χ4n) is 3.78. The van der Waals surface area contributed by atoms with Crippen molar-refractivity contribution in [3.05, 3.63) is 59.7 Å². The van der Waals surface area contributed by atoms with Crippen molar-refractivity contribution in [1.82, 2.24) is 10.5 Å². The number of phenolic OH excluding ortho intramolecular Hbond substituents is 1. The van der Waals surface area contributed by atoms with Crippen LogP contribution in [0.5, 0.6) is 11.5 Å². The molecule has 0 amide bonds. The molecule has 3 atom stereocenters. The lowest BCUT2D eigenvalue weighted by atomic mass is 9.86. The number of carbonyl (C=O) groups is 2. The zero-order valence-electron chi connectivity index (χ0n) is 21.6. The van der Waals surface area contributed by atoms with E-state index in [1.54, 1.807) is 12.1 Å². The molecule has 0 spiro atoms. The summed E-state index contributed by atoms with van der Waals surface area (Å²) < 4.78 is 11.2. The molecule has 1 saturated heterocycles. The quantitative estimate of drug-likeness (QED) is 0.197. The lowest BCUT2D eigenvalue weighted by Crippen LogP contribution is -2.46. The van der Waals surface area contributed by atoms with Crippen LogP contribution in [0.3, 0.4) is 0 Å². The minimum absolute atomic E-state index is 0.138. The number of aromatic hydroxyl groups is 1. The van der Waals surface area contributed by atoms with Crippen LogP contribution in [-0.2, 0) is 27.2 Å². The van der Waals surface area contributed by atoms with Crippen LogP contribution < -0.4 is 15.2 Å². The summed E-state index contributed by atoms with van der Waals surface area (Å²) in [7, 11) is -1.75. The predicted octanol–water partition coefficient (Wildman–Crippen LogP) is 1.38. The van der Waals surface area contributed by atoms with Crippen molar-refractivity contribution in [3.8, 4) is 11.5 Å². The molecule has 3 unspecified atom stereocenters. The Kier molecular flexibility index (Phi) is 13.1. The normalized spacial score (nSPS) is 16.4. The summed E-state index contributed by atoms with van der Waals surface area (Å²) in [5.74, 6) is -1.16. The van der Waals surface area contributed by atoms with E-state index in [9.17, 15) is 14.6 Å². The number of hydrogen-bond acceptors (Lipinski definition) is 9. The van der Waals surface area contributed by atoms with Gasteiger partial charge in [-0.25, -0.2) is 0 Å². The summed E-state index contributed by atoms with van der Waals surface area (Å²) in [6.45, 7) is 3.69. The molecule has 1 heterocycles. The second kappa shape index (κ2) is 16.0. The van der Waals surface area contributed by atoms with Gasteiger partial charge in [0, 0.05) is 6.42 Å². The van der Waals surface area contributed by atoms with Gasteiger partial charge in [0.05, 0.1) is 6.61 Å². The Morgan fingerprint density at radius 2 is 1.37 bits per heavy atom. The molecule has 206 valence electrons. The Balaban J connectivity index is 0.000000281. The maximum Gasteiger partial charge on any atom is 0.374 e. The minimum Gasteiger partial charge on any atom is -0.508 e. The summed E-state index contributed by atoms with van der Waals surface area (Å²) >= 11 is 0. The van der Waals surface area contributed by atoms with Gasteiger partial charge in [0.2, 0.25) is 0 Å². The molecule has 13 heteroatoms. The second-order valence-corrected chi connectivity index (χ2v) is 9.10. The molecule has 0 aromatic heterocycles. The van der Waals surface area contributed by atoms with Crippen molar-refractivity contribution >= 4 is 26.0 Å². The van der Waals surface area contributed by atoms with Crippen LogP contribution in [0, 0.1) is 0 Å². The van der Waals surface area contributed by atoms with E-state index >= 15 is 0 Å². The first-order valence-electron chi connectivity index (χ1n) is 12.5. The summed E-state index contributed by atoms with van der Waals surface area (Å²) in [5, 5.41) is 50.6. The molecule has 1 fully saturated rings. The highest BCUT2D eigenvalue weighted by Gasteiger charge is 2.22. The smallest absolute Gasteiger partial charge is 0.374 e. The fourth-order valence-corrected chi connectivity index (χ4v) is 3.78. The first-order valence-corrected chi connectivity index (χ1v) is 12.5. The number of carboxylic acid groups (broad SMARTS) is 2. The van der Waals surface area contributed by atoms with Crippen LogP contribution in [0.25, 0.3) is 0 Å². The highest BCUT2D eigenvalue weighted by atomic mass is 16.7. The summed E-state index contributed by atoms with van der Waals surface area (Å²) in [6, 6.07) is 11.9. The molecule has 1 aliphatic rings. The third-order valence-corrected chi connectivity index (χ3v) is 5.63. The zero-order valence-corrected chi connectivity index (χ0v) is 21.6. The molecule has 0 saturated carbocycles. The average Bonchev–Trinajstić information content (AvgIpc) is 2.86. The molecule has 0 radical (unpaired) electrons. The third-order valence-electron chi connectivity index (χ3n) is 5.63. The summed E-state index contributed by atoms with van der Waals surface area (Å²) in [4.78, 5) is 22.0. The third kappa shape index (κ3) is 12.0. The lowest BCUT2D eigenvalue weighted by Gasteiger charge is -2.23. The topological polar surface area (TPSA) is 178 Å². The van der Waals surface area contributed by atoms with Crippen molar-refractivity contribution < 1.29 is 44.4 Å². The van der Waals surface area contributed by atoms with Crippen molar-refractivity contribution in [2.24, 2.45) is 0 Å². The summed E-state index contributed by atoms with van der Waals surface area (Å²) in [6.07, 6.45) is 3.42. The average molecular weight is 530 g/mol. The van der Waals surface area contributed by atoms with Crippen molar-refractivity contribution in [3.63, 3.8) is 0 Å². The van der Waals surface area contributed by atoms with Gasteiger partial charge in [-0.1, -0.05) is 24.3 Å². The van der Waals surface area contributed by atoms with E-state index in [2.05, 4.69) is 10.5 Å². The summed E-state index contributed by atoms with van der Waals surface area (Å²) in [5.41, 5.74) is 1.64. The van der Waals surface area contributed by atoms with E-state index in [1.807, 2.05) is 24.3 Å². The van der Waals surface area contributed by atoms with Gasteiger partial charge in [-0.15, -0.1) is 0 Å². The van der Waals surface area contributed by atoms with Gasteiger partial charge in [-0.2, -0.15) is 0 Å². The van der Waals surface area contributed by atoms with Gasteiger partial charge >= 0.3 is 26.0 Å². The molecule has 3 rings (SSSR count). The first-order chi connectivity index (χ1) is 18.0. The van der Waals surface area contributed by atoms with E-state index in [-0.39, 0.29) is 18.5 Å². The fraction of sp³-hybridized carbons (Fsp3) is 0.440. The maximum atomic E-state index is 11.2. The number of carboxylic acids is 2. The van der Waals surface area contributed by atoms with E-state index in [1.165, 1.54) is 25.8 Å². The molecule has 38 heavy (non-hydrogen) atoms. The molecule has 0 bridgehead atoms. The van der Waals surface area contributed by atoms with Gasteiger partial charge in [-0.05, 0) is 74.7 Å². The Labute approximate surface area is 223 Å². The largest absolute Gasteiger partial charge is 0.508 e. The maximum absolute atomic E-state index is 11.2. The van der Waals surface area contributed by atoms with Crippen LogP contribution in [-0.4, -0.2) is 76.4 Å². The van der Waals surface area contributed by atoms with Gasteiger partial charge in [-0.3, -0.25) is 9.59 Å². The van der Waals surface area contributed by atoms with Gasteiger partial charge < -0.3 is 45.3 Å². The number of phenols is 1. The van der Waals surface area contributed by atoms with E-state index in [0.717, 1.165) is 37.0 Å². The highest BCUT2D eigenvalue weighted by Crippen LogP contribution is 2.20. The molecule has 0 aliphatic carbocycles. The number of rotatable bonds is 12. The van der Waals surface area contributed by atoms with Gasteiger partial charge in [0.1, 0.15) is 23.6 Å². The zero-order chi connectivity index (χ0) is 28.1. The van der Waals surface area contributed by atoms with Crippen LogP contribution in [0.2, 0.25) is 13.6 Å². The monoisotopic (exact) mass is 530 g/mol. The van der Waals surface area contributed by atoms with Gasteiger partial charge in [0.15, 0.2) is 6.29 Å². The second-order valence-electron chi connectivity index (χ2n) is 9.10. The van der Waals surface area contributed by atoms with Crippen molar-refractivity contribution in [2.75, 3.05) is 6.61 Å². The van der Waals surface area contributed by atoms with Crippen LogP contribution in [0.4, 0.5) is 0 Å². The van der Waals surface area contributed by atoms with E-state index in [4.69, 9.17) is 29.8 Å². The minimum atomic E-state index is -1.02. The lowest BCUT2D eigenvalue weighted by molar-refractivity contribution is -0.140. The molecule has 2 aromatic carbocycles.